The average molecular weight is 381 g/mol. The molecule has 4 nitrogen and oxygen atoms in total. The molecule has 3 aromatic rings. The molecule has 27 heavy (non-hydrogen) atoms. The summed E-state index contributed by atoms with van der Waals surface area (Å²) < 4.78 is 1.23. The number of aromatic nitrogens is 1. The van der Waals surface area contributed by atoms with Gasteiger partial charge in [0.15, 0.2) is 0 Å². The second-order valence-electron chi connectivity index (χ2n) is 7.12. The Morgan fingerprint density at radius 1 is 1.30 bits per heavy atom. The lowest BCUT2D eigenvalue weighted by atomic mass is 9.97. The van der Waals surface area contributed by atoms with Crippen molar-refractivity contribution in [3.63, 3.8) is 0 Å². The molecule has 1 aromatic carbocycles. The van der Waals surface area contributed by atoms with E-state index in [2.05, 4.69) is 42.2 Å². The second-order valence-corrected chi connectivity index (χ2v) is 8.24. The van der Waals surface area contributed by atoms with Crippen LogP contribution in [0.4, 0.5) is 0 Å². The Labute approximate surface area is 163 Å². The van der Waals surface area contributed by atoms with E-state index in [1.807, 2.05) is 18.3 Å². The fourth-order valence-electron chi connectivity index (χ4n) is 3.95. The van der Waals surface area contributed by atoms with Crippen molar-refractivity contribution in [2.45, 2.75) is 44.7 Å². The highest BCUT2D eigenvalue weighted by Crippen LogP contribution is 2.39. The van der Waals surface area contributed by atoms with Crippen molar-refractivity contribution in [2.75, 3.05) is 6.54 Å². The van der Waals surface area contributed by atoms with Crippen molar-refractivity contribution in [2.24, 2.45) is 0 Å². The molecule has 140 valence electrons. The largest absolute Gasteiger partial charge is 0.480 e. The summed E-state index contributed by atoms with van der Waals surface area (Å²) in [5.74, 6) is -0.731. The SMILES string of the molecule is CCc1ccc(C(c2cc3ccccc3s2)N2CCCCC2C(=O)O)nc1. The van der Waals surface area contributed by atoms with Crippen LogP contribution in [-0.2, 0) is 11.2 Å². The van der Waals surface area contributed by atoms with Crippen molar-refractivity contribution in [3.05, 3.63) is 64.8 Å². The molecule has 5 heteroatoms. The van der Waals surface area contributed by atoms with E-state index in [9.17, 15) is 9.90 Å². The van der Waals surface area contributed by atoms with Crippen LogP contribution in [0, 0.1) is 0 Å². The first-order valence-corrected chi connectivity index (χ1v) is 10.4. The first-order valence-electron chi connectivity index (χ1n) is 9.59. The number of benzene rings is 1. The number of carboxylic acids is 1. The molecule has 0 radical (unpaired) electrons. The summed E-state index contributed by atoms with van der Waals surface area (Å²) in [4.78, 5) is 20.0. The third-order valence-electron chi connectivity index (χ3n) is 5.41. The van der Waals surface area contributed by atoms with Gasteiger partial charge in [0.2, 0.25) is 0 Å². The molecule has 1 N–H and O–H groups in total. The molecule has 0 saturated carbocycles. The third kappa shape index (κ3) is 3.62. The van der Waals surface area contributed by atoms with Crippen LogP contribution < -0.4 is 0 Å². The molecule has 0 spiro atoms. The van der Waals surface area contributed by atoms with Crippen LogP contribution in [0.5, 0.6) is 0 Å². The monoisotopic (exact) mass is 380 g/mol. The Bertz CT molecular complexity index is 902. The normalized spacial score (nSPS) is 19.2. The zero-order valence-electron chi connectivity index (χ0n) is 15.5. The van der Waals surface area contributed by atoms with E-state index < -0.39 is 12.0 Å². The van der Waals surface area contributed by atoms with Gasteiger partial charge in [-0.3, -0.25) is 14.7 Å². The number of pyridine rings is 1. The number of hydrogen-bond donors (Lipinski definition) is 1. The summed E-state index contributed by atoms with van der Waals surface area (Å²) in [6.45, 7) is 2.90. The van der Waals surface area contributed by atoms with Crippen LogP contribution >= 0.6 is 11.3 Å². The highest BCUT2D eigenvalue weighted by atomic mass is 32.1. The van der Waals surface area contributed by atoms with E-state index in [4.69, 9.17) is 4.98 Å². The molecule has 1 aliphatic rings. The van der Waals surface area contributed by atoms with E-state index in [1.54, 1.807) is 11.3 Å². The Morgan fingerprint density at radius 2 is 2.15 bits per heavy atom. The van der Waals surface area contributed by atoms with Gasteiger partial charge >= 0.3 is 5.97 Å². The fraction of sp³-hybridized carbons (Fsp3) is 0.364. The number of carbonyl (C=O) groups is 1. The molecule has 0 bridgehead atoms. The van der Waals surface area contributed by atoms with Crippen LogP contribution in [0.1, 0.15) is 48.4 Å². The predicted octanol–water partition coefficient (Wildman–Crippen LogP) is 4.89. The van der Waals surface area contributed by atoms with Gasteiger partial charge < -0.3 is 5.11 Å². The van der Waals surface area contributed by atoms with E-state index in [0.29, 0.717) is 6.42 Å². The van der Waals surface area contributed by atoms with Crippen molar-refractivity contribution < 1.29 is 9.90 Å². The van der Waals surface area contributed by atoms with Gasteiger partial charge in [0.05, 0.1) is 11.7 Å². The Kier molecular flexibility index (Phi) is 5.23. The van der Waals surface area contributed by atoms with Gasteiger partial charge in [-0.05, 0) is 48.4 Å². The molecule has 0 amide bonds. The standard InChI is InChI=1S/C22H24N2O2S/c1-2-15-10-11-17(23-14-15)21(24-12-6-5-8-18(24)22(25)26)20-13-16-7-3-4-9-19(16)27-20/h3-4,7,9-11,13-14,18,21H,2,5-6,8,12H2,1H3,(H,25,26). The molecule has 1 saturated heterocycles. The van der Waals surface area contributed by atoms with Crippen molar-refractivity contribution in [1.82, 2.24) is 9.88 Å². The molecule has 2 aromatic heterocycles. The predicted molar refractivity (Wildman–Crippen MR) is 109 cm³/mol. The third-order valence-corrected chi connectivity index (χ3v) is 6.58. The molecular weight excluding hydrogens is 356 g/mol. The Balaban J connectivity index is 1.81. The molecule has 1 fully saturated rings. The quantitative estimate of drug-likeness (QED) is 0.685. The van der Waals surface area contributed by atoms with Crippen LogP contribution in [0.2, 0.25) is 0 Å². The first-order chi connectivity index (χ1) is 13.2. The van der Waals surface area contributed by atoms with E-state index >= 15 is 0 Å². The highest BCUT2D eigenvalue weighted by molar-refractivity contribution is 7.19. The van der Waals surface area contributed by atoms with E-state index in [0.717, 1.165) is 31.5 Å². The van der Waals surface area contributed by atoms with Gasteiger partial charge in [0.25, 0.3) is 0 Å². The average Bonchev–Trinajstić information content (AvgIpc) is 3.12. The minimum Gasteiger partial charge on any atom is -0.480 e. The number of carboxylic acid groups (broad SMARTS) is 1. The minimum absolute atomic E-state index is 0.116. The number of rotatable bonds is 5. The van der Waals surface area contributed by atoms with Gasteiger partial charge in [-0.2, -0.15) is 0 Å². The van der Waals surface area contributed by atoms with Gasteiger partial charge in [-0.1, -0.05) is 37.6 Å². The lowest BCUT2D eigenvalue weighted by Gasteiger charge is -2.38. The van der Waals surface area contributed by atoms with Gasteiger partial charge in [0, 0.05) is 22.3 Å². The summed E-state index contributed by atoms with van der Waals surface area (Å²) in [6, 6.07) is 14.1. The summed E-state index contributed by atoms with van der Waals surface area (Å²) in [6.07, 6.45) is 5.56. The van der Waals surface area contributed by atoms with Crippen LogP contribution in [0.15, 0.2) is 48.7 Å². The molecular formula is C22H24N2O2S. The molecule has 2 unspecified atom stereocenters. The van der Waals surface area contributed by atoms with E-state index in [1.165, 1.54) is 20.5 Å². The maximum Gasteiger partial charge on any atom is 0.320 e. The number of nitrogens with zero attached hydrogens (tertiary/aromatic N) is 2. The zero-order chi connectivity index (χ0) is 18.8. The number of likely N-dealkylation sites (tertiary alicyclic amines) is 1. The maximum absolute atomic E-state index is 11.9. The summed E-state index contributed by atoms with van der Waals surface area (Å²) in [5, 5.41) is 11.0. The molecule has 1 aliphatic heterocycles. The molecule has 3 heterocycles. The number of piperidine rings is 1. The Morgan fingerprint density at radius 3 is 2.85 bits per heavy atom. The molecule has 4 rings (SSSR count). The smallest absolute Gasteiger partial charge is 0.320 e. The first kappa shape index (κ1) is 18.1. The van der Waals surface area contributed by atoms with Crippen molar-refractivity contribution >= 4 is 27.4 Å². The summed E-state index contributed by atoms with van der Waals surface area (Å²) >= 11 is 1.74. The minimum atomic E-state index is -0.731. The maximum atomic E-state index is 11.9. The number of fused-ring (bicyclic) bond motifs is 1. The second kappa shape index (κ2) is 7.79. The summed E-state index contributed by atoms with van der Waals surface area (Å²) in [7, 11) is 0. The number of thiophene rings is 1. The van der Waals surface area contributed by atoms with Crippen molar-refractivity contribution in [3.8, 4) is 0 Å². The Hall–Kier alpha value is -2.24. The number of hydrogen-bond acceptors (Lipinski definition) is 4. The lowest BCUT2D eigenvalue weighted by molar-refractivity contribution is -0.145. The highest BCUT2D eigenvalue weighted by Gasteiger charge is 2.36. The van der Waals surface area contributed by atoms with Crippen molar-refractivity contribution in [1.29, 1.82) is 0 Å². The van der Waals surface area contributed by atoms with Gasteiger partial charge in [-0.25, -0.2) is 0 Å². The summed E-state index contributed by atoms with van der Waals surface area (Å²) in [5.41, 5.74) is 2.13. The topological polar surface area (TPSA) is 53.4 Å². The number of aliphatic carboxylic acids is 1. The van der Waals surface area contributed by atoms with Crippen LogP contribution in [-0.4, -0.2) is 33.5 Å². The van der Waals surface area contributed by atoms with Gasteiger partial charge in [0.1, 0.15) is 6.04 Å². The lowest BCUT2D eigenvalue weighted by Crippen LogP contribution is -2.46. The molecule has 0 aliphatic carbocycles. The number of aryl methyl sites for hydroxylation is 1. The van der Waals surface area contributed by atoms with Crippen LogP contribution in [0.3, 0.4) is 0 Å². The molecule has 2 atom stereocenters. The van der Waals surface area contributed by atoms with Gasteiger partial charge in [-0.15, -0.1) is 11.3 Å². The zero-order valence-corrected chi connectivity index (χ0v) is 16.3. The van der Waals surface area contributed by atoms with E-state index in [-0.39, 0.29) is 6.04 Å². The fourth-order valence-corrected chi connectivity index (χ4v) is 5.15. The van der Waals surface area contributed by atoms with Crippen LogP contribution in [0.25, 0.3) is 10.1 Å².